The Balaban J connectivity index is 1.74. The first-order chi connectivity index (χ1) is 12.8. The van der Waals surface area contributed by atoms with E-state index in [1.165, 1.54) is 15.6 Å². The second-order valence-corrected chi connectivity index (χ2v) is 9.99. The summed E-state index contributed by atoms with van der Waals surface area (Å²) in [5.41, 5.74) is 1.91. The normalized spacial score (nSPS) is 16.0. The van der Waals surface area contributed by atoms with Crippen LogP contribution in [0.3, 0.4) is 0 Å². The van der Waals surface area contributed by atoms with Gasteiger partial charge in [0.05, 0.1) is 17.1 Å². The van der Waals surface area contributed by atoms with Gasteiger partial charge in [0.25, 0.3) is 0 Å². The molecule has 146 valence electrons. The number of sulfonamides is 1. The number of carbonyl (C=O) groups is 1. The standard InChI is InChI=1S/C19H25N3O3S2/c1-4-5-14(3)18(23)21-19-20-16-10-11-22(12-17(16)26-19)27(24,25)15-8-6-13(2)7-9-15/h6-9,14H,4-5,10-12H2,1-3H3,(H,20,21,23)/t14-/m0/s1. The second-order valence-electron chi connectivity index (χ2n) is 6.97. The highest BCUT2D eigenvalue weighted by molar-refractivity contribution is 7.89. The highest BCUT2D eigenvalue weighted by Gasteiger charge is 2.30. The number of anilines is 1. The minimum absolute atomic E-state index is 0.0351. The van der Waals surface area contributed by atoms with Gasteiger partial charge < -0.3 is 5.32 Å². The van der Waals surface area contributed by atoms with Gasteiger partial charge in [-0.1, -0.05) is 38.0 Å². The van der Waals surface area contributed by atoms with Gasteiger partial charge >= 0.3 is 0 Å². The Hall–Kier alpha value is -1.77. The van der Waals surface area contributed by atoms with E-state index in [9.17, 15) is 13.2 Å². The fraction of sp³-hybridized carbons (Fsp3) is 0.474. The molecule has 0 bridgehead atoms. The molecule has 0 radical (unpaired) electrons. The third-order valence-corrected chi connectivity index (χ3v) is 7.61. The predicted molar refractivity (Wildman–Crippen MR) is 107 cm³/mol. The Morgan fingerprint density at radius 1 is 1.33 bits per heavy atom. The van der Waals surface area contributed by atoms with Crippen molar-refractivity contribution in [3.63, 3.8) is 0 Å². The van der Waals surface area contributed by atoms with E-state index in [2.05, 4.69) is 17.2 Å². The van der Waals surface area contributed by atoms with Crippen LogP contribution in [0.1, 0.15) is 42.8 Å². The first-order valence-electron chi connectivity index (χ1n) is 9.17. The zero-order valence-corrected chi connectivity index (χ0v) is 17.5. The molecule has 1 amide bonds. The number of hydrogen-bond acceptors (Lipinski definition) is 5. The summed E-state index contributed by atoms with van der Waals surface area (Å²) in [6.07, 6.45) is 2.34. The van der Waals surface area contributed by atoms with E-state index in [1.807, 2.05) is 13.8 Å². The number of carbonyl (C=O) groups excluding carboxylic acids is 1. The van der Waals surface area contributed by atoms with Crippen molar-refractivity contribution in [1.29, 1.82) is 0 Å². The number of nitrogens with zero attached hydrogens (tertiary/aromatic N) is 2. The van der Waals surface area contributed by atoms with Gasteiger partial charge in [0.2, 0.25) is 15.9 Å². The molecular weight excluding hydrogens is 382 g/mol. The molecule has 1 aromatic carbocycles. The highest BCUT2D eigenvalue weighted by atomic mass is 32.2. The van der Waals surface area contributed by atoms with Gasteiger partial charge in [-0.3, -0.25) is 4.79 Å². The summed E-state index contributed by atoms with van der Waals surface area (Å²) >= 11 is 1.37. The van der Waals surface area contributed by atoms with Crippen LogP contribution in [0.2, 0.25) is 0 Å². The number of aromatic nitrogens is 1. The average molecular weight is 408 g/mol. The molecule has 0 unspecified atom stereocenters. The van der Waals surface area contributed by atoms with Crippen molar-refractivity contribution in [3.8, 4) is 0 Å². The quantitative estimate of drug-likeness (QED) is 0.794. The van der Waals surface area contributed by atoms with Crippen LogP contribution in [0, 0.1) is 12.8 Å². The van der Waals surface area contributed by atoms with E-state index in [-0.39, 0.29) is 11.8 Å². The number of hydrogen-bond donors (Lipinski definition) is 1. The van der Waals surface area contributed by atoms with Crippen LogP contribution in [-0.2, 0) is 27.8 Å². The summed E-state index contributed by atoms with van der Waals surface area (Å²) in [7, 11) is -3.53. The lowest BCUT2D eigenvalue weighted by atomic mass is 10.1. The number of rotatable bonds is 6. The maximum Gasteiger partial charge on any atom is 0.243 e. The van der Waals surface area contributed by atoms with Crippen molar-refractivity contribution in [3.05, 3.63) is 40.4 Å². The number of aryl methyl sites for hydroxylation is 1. The lowest BCUT2D eigenvalue weighted by Gasteiger charge is -2.25. The van der Waals surface area contributed by atoms with Crippen LogP contribution in [-0.4, -0.2) is 30.2 Å². The molecule has 1 aliphatic rings. The zero-order valence-electron chi connectivity index (χ0n) is 15.9. The number of benzene rings is 1. The Morgan fingerprint density at radius 2 is 2.04 bits per heavy atom. The lowest BCUT2D eigenvalue weighted by Crippen LogP contribution is -2.35. The Kier molecular flexibility index (Phi) is 5.98. The summed E-state index contributed by atoms with van der Waals surface area (Å²) in [6.45, 7) is 6.57. The molecule has 0 saturated heterocycles. The maximum atomic E-state index is 12.9. The molecule has 0 fully saturated rings. The molecule has 8 heteroatoms. The van der Waals surface area contributed by atoms with E-state index in [1.54, 1.807) is 24.3 Å². The van der Waals surface area contributed by atoms with Gasteiger partial charge in [-0.15, -0.1) is 11.3 Å². The molecule has 0 spiro atoms. The van der Waals surface area contributed by atoms with E-state index in [0.717, 1.165) is 29.0 Å². The second kappa shape index (κ2) is 8.08. The van der Waals surface area contributed by atoms with Gasteiger partial charge in [-0.25, -0.2) is 13.4 Å². The first kappa shape index (κ1) is 20.0. The molecule has 27 heavy (non-hydrogen) atoms. The predicted octanol–water partition coefficient (Wildman–Crippen LogP) is 3.57. The van der Waals surface area contributed by atoms with Crippen LogP contribution in [0.15, 0.2) is 29.2 Å². The summed E-state index contributed by atoms with van der Waals surface area (Å²) < 4.78 is 27.3. The van der Waals surface area contributed by atoms with Crippen molar-refractivity contribution < 1.29 is 13.2 Å². The number of nitrogens with one attached hydrogen (secondary N) is 1. The number of fused-ring (bicyclic) bond motifs is 1. The fourth-order valence-electron chi connectivity index (χ4n) is 3.08. The highest BCUT2D eigenvalue weighted by Crippen LogP contribution is 2.31. The van der Waals surface area contributed by atoms with Crippen molar-refractivity contribution in [2.24, 2.45) is 5.92 Å². The minimum Gasteiger partial charge on any atom is -0.302 e. The first-order valence-corrected chi connectivity index (χ1v) is 11.4. The smallest absolute Gasteiger partial charge is 0.243 e. The van der Waals surface area contributed by atoms with Crippen LogP contribution in [0.25, 0.3) is 0 Å². The van der Waals surface area contributed by atoms with Crippen LogP contribution < -0.4 is 5.32 Å². The van der Waals surface area contributed by atoms with Crippen LogP contribution in [0.5, 0.6) is 0 Å². The summed E-state index contributed by atoms with van der Waals surface area (Å²) in [5, 5.41) is 3.43. The van der Waals surface area contributed by atoms with Gasteiger partial charge in [0.15, 0.2) is 5.13 Å². The molecule has 0 aliphatic carbocycles. The summed E-state index contributed by atoms with van der Waals surface area (Å²) in [5.74, 6) is -0.0959. The number of amides is 1. The molecule has 2 heterocycles. The molecule has 6 nitrogen and oxygen atoms in total. The van der Waals surface area contributed by atoms with E-state index in [0.29, 0.717) is 29.5 Å². The van der Waals surface area contributed by atoms with Gasteiger partial charge in [-0.2, -0.15) is 4.31 Å². The zero-order chi connectivity index (χ0) is 19.6. The van der Waals surface area contributed by atoms with Crippen molar-refractivity contribution in [1.82, 2.24) is 9.29 Å². The lowest BCUT2D eigenvalue weighted by molar-refractivity contribution is -0.119. The Bertz CT molecular complexity index is 920. The average Bonchev–Trinajstić information content (AvgIpc) is 3.03. The van der Waals surface area contributed by atoms with Crippen molar-refractivity contribution >= 4 is 32.4 Å². The molecule has 1 aromatic heterocycles. The van der Waals surface area contributed by atoms with Gasteiger partial charge in [0, 0.05) is 23.8 Å². The number of thiazole rings is 1. The largest absolute Gasteiger partial charge is 0.302 e. The minimum atomic E-state index is -3.53. The van der Waals surface area contributed by atoms with E-state index in [4.69, 9.17) is 0 Å². The third kappa shape index (κ3) is 4.39. The monoisotopic (exact) mass is 407 g/mol. The van der Waals surface area contributed by atoms with Crippen LogP contribution >= 0.6 is 11.3 Å². The molecule has 0 saturated carbocycles. The SMILES string of the molecule is CCC[C@H](C)C(=O)Nc1nc2c(s1)CN(S(=O)(=O)c1ccc(C)cc1)CC2. The Morgan fingerprint density at radius 3 is 2.70 bits per heavy atom. The summed E-state index contributed by atoms with van der Waals surface area (Å²) in [4.78, 5) is 17.9. The molecular formula is C19H25N3O3S2. The molecule has 1 atom stereocenters. The molecule has 1 N–H and O–H groups in total. The Labute approximate surface area is 164 Å². The van der Waals surface area contributed by atoms with Crippen molar-refractivity contribution in [2.45, 2.75) is 51.5 Å². The summed E-state index contributed by atoms with van der Waals surface area (Å²) in [6, 6.07) is 6.90. The molecule has 3 rings (SSSR count). The van der Waals surface area contributed by atoms with Crippen molar-refractivity contribution in [2.75, 3.05) is 11.9 Å². The molecule has 1 aliphatic heterocycles. The fourth-order valence-corrected chi connectivity index (χ4v) is 5.60. The maximum absolute atomic E-state index is 12.9. The third-order valence-electron chi connectivity index (χ3n) is 4.75. The van der Waals surface area contributed by atoms with Gasteiger partial charge in [0.1, 0.15) is 0 Å². The topological polar surface area (TPSA) is 79.4 Å². The van der Waals surface area contributed by atoms with E-state index < -0.39 is 10.0 Å². The molecule has 2 aromatic rings. The van der Waals surface area contributed by atoms with Crippen LogP contribution in [0.4, 0.5) is 5.13 Å². The van der Waals surface area contributed by atoms with E-state index >= 15 is 0 Å². The van der Waals surface area contributed by atoms with Gasteiger partial charge in [-0.05, 0) is 25.5 Å².